The minimum Gasteiger partial charge on any atom is -0.478 e. The minimum atomic E-state index is -0.879. The predicted octanol–water partition coefficient (Wildman–Crippen LogP) is 3.02. The molecule has 0 atom stereocenters. The fraction of sp³-hybridized carbons (Fsp3) is 0. The van der Waals surface area contributed by atoms with Gasteiger partial charge >= 0.3 is 11.9 Å². The van der Waals surface area contributed by atoms with E-state index < -0.39 is 11.9 Å². The van der Waals surface area contributed by atoms with E-state index >= 15 is 0 Å². The number of rotatable bonds is 2. The van der Waals surface area contributed by atoms with Crippen LogP contribution in [0.3, 0.4) is 0 Å². The van der Waals surface area contributed by atoms with Gasteiger partial charge in [0, 0.05) is 19.5 Å². The molecule has 0 saturated heterocycles. The fourth-order valence-electron chi connectivity index (χ4n) is 1.16. The molecule has 8 heteroatoms. The Balaban J connectivity index is 0. The van der Waals surface area contributed by atoms with E-state index in [-0.39, 0.29) is 19.5 Å². The summed E-state index contributed by atoms with van der Waals surface area (Å²) in [6.45, 7) is 0. The van der Waals surface area contributed by atoms with Crippen molar-refractivity contribution in [3.63, 3.8) is 0 Å². The number of nitrogens with zero attached hydrogens (tertiary/aromatic N) is 1. The topological polar surface area (TPSA) is 127 Å². The van der Waals surface area contributed by atoms with Gasteiger partial charge in [0.1, 0.15) is 0 Å². The van der Waals surface area contributed by atoms with Crippen LogP contribution < -0.4 is 0 Å². The van der Waals surface area contributed by atoms with Gasteiger partial charge in [0.2, 0.25) is 0 Å². The van der Waals surface area contributed by atoms with Crippen molar-refractivity contribution in [1.29, 1.82) is 0 Å². The first-order valence-electron chi connectivity index (χ1n) is 5.54. The summed E-state index contributed by atoms with van der Waals surface area (Å²) in [5.41, 5.74) is 0.662. The van der Waals surface area contributed by atoms with Crippen LogP contribution in [0.1, 0.15) is 20.7 Å². The van der Waals surface area contributed by atoms with E-state index in [1.54, 1.807) is 60.7 Å². The maximum absolute atomic E-state index is 10.2. The van der Waals surface area contributed by atoms with Gasteiger partial charge in [-0.2, -0.15) is 0 Å². The molecular weight excluding hydrogens is 344 g/mol. The zero-order chi connectivity index (χ0) is 16.1. The van der Waals surface area contributed by atoms with Crippen molar-refractivity contribution >= 4 is 11.9 Å². The van der Waals surface area contributed by atoms with E-state index in [9.17, 15) is 9.59 Å². The number of carboxylic acid groups (broad SMARTS) is 2. The molecule has 0 amide bonds. The third-order valence-electron chi connectivity index (χ3n) is 2.04. The Morgan fingerprint density at radius 1 is 0.773 bits per heavy atom. The Morgan fingerprint density at radius 2 is 1.00 bits per heavy atom. The van der Waals surface area contributed by atoms with E-state index in [0.29, 0.717) is 11.1 Å². The molecule has 0 bridgehead atoms. The smallest absolute Gasteiger partial charge is 0.335 e. The van der Waals surface area contributed by atoms with Gasteiger partial charge in [-0.1, -0.05) is 36.4 Å². The molecule has 0 aliphatic rings. The zero-order valence-corrected chi connectivity index (χ0v) is 14.4. The number of hydrogen-bond donors (Lipinski definition) is 2. The largest absolute Gasteiger partial charge is 0.478 e. The van der Waals surface area contributed by atoms with Crippen molar-refractivity contribution in [3.05, 3.63) is 81.9 Å². The molecular formula is C14H12NO6Zn-. The molecule has 0 aliphatic carbocycles. The molecule has 0 unspecified atom stereocenters. The van der Waals surface area contributed by atoms with Gasteiger partial charge in [-0.15, -0.1) is 5.34 Å². The summed E-state index contributed by atoms with van der Waals surface area (Å²) in [5, 5.41) is 25.8. The second-order valence-corrected chi connectivity index (χ2v) is 3.42. The minimum absolute atomic E-state index is 0. The Labute approximate surface area is 138 Å². The SMILES string of the molecule is O=C(O)c1ccccc1.O=C(O)c1ccccc1.O=N[O-].[Zn]. The van der Waals surface area contributed by atoms with Gasteiger partial charge in [0.15, 0.2) is 0 Å². The van der Waals surface area contributed by atoms with Crippen LogP contribution in [0.15, 0.2) is 66.0 Å². The second kappa shape index (κ2) is 13.4. The first kappa shape index (κ1) is 21.7. The molecule has 0 heterocycles. The Kier molecular flexibility index (Phi) is 13.2. The van der Waals surface area contributed by atoms with Gasteiger partial charge in [-0.25, -0.2) is 9.59 Å². The first-order chi connectivity index (χ1) is 10.0. The maximum Gasteiger partial charge on any atom is 0.335 e. The number of hydrogen-bond acceptors (Lipinski definition) is 5. The average molecular weight is 356 g/mol. The quantitative estimate of drug-likeness (QED) is 0.484. The molecule has 2 aromatic rings. The van der Waals surface area contributed by atoms with Crippen molar-refractivity contribution < 1.29 is 39.3 Å². The van der Waals surface area contributed by atoms with Crippen molar-refractivity contribution in [1.82, 2.24) is 0 Å². The van der Waals surface area contributed by atoms with Gasteiger partial charge in [0.25, 0.3) is 0 Å². The monoisotopic (exact) mass is 354 g/mol. The van der Waals surface area contributed by atoms with Gasteiger partial charge in [-0.05, 0) is 24.3 Å². The van der Waals surface area contributed by atoms with Gasteiger partial charge in [-0.3, -0.25) is 0 Å². The maximum atomic E-state index is 10.2. The van der Waals surface area contributed by atoms with Crippen LogP contribution in [-0.4, -0.2) is 22.2 Å². The van der Waals surface area contributed by atoms with E-state index in [1.807, 2.05) is 0 Å². The molecule has 7 nitrogen and oxygen atoms in total. The molecule has 112 valence electrons. The summed E-state index contributed by atoms with van der Waals surface area (Å²) >= 11 is 0. The van der Waals surface area contributed by atoms with Crippen LogP contribution in [-0.2, 0) is 19.5 Å². The van der Waals surface area contributed by atoms with Crippen molar-refractivity contribution in [2.75, 3.05) is 0 Å². The van der Waals surface area contributed by atoms with Crippen molar-refractivity contribution in [2.24, 2.45) is 5.34 Å². The number of carboxylic acids is 2. The standard InChI is InChI=1S/2C7H6O2.HNO2.Zn/c2*8-7(9)6-4-2-1-3-5-6;2-1-3;/h2*1-5H,(H,8,9);(H,2,3);/p-1. The van der Waals surface area contributed by atoms with Crippen molar-refractivity contribution in [2.45, 2.75) is 0 Å². The van der Waals surface area contributed by atoms with Crippen LogP contribution in [0.25, 0.3) is 0 Å². The molecule has 0 spiro atoms. The molecule has 2 N–H and O–H groups in total. The second-order valence-electron chi connectivity index (χ2n) is 3.42. The molecule has 0 radical (unpaired) electrons. The summed E-state index contributed by atoms with van der Waals surface area (Å²) in [4.78, 5) is 28.4. The Hall–Kier alpha value is -2.60. The first-order valence-corrected chi connectivity index (χ1v) is 5.54. The van der Waals surface area contributed by atoms with E-state index in [4.69, 9.17) is 20.3 Å². The van der Waals surface area contributed by atoms with Crippen LogP contribution >= 0.6 is 0 Å². The summed E-state index contributed by atoms with van der Waals surface area (Å²) in [6.07, 6.45) is 0. The summed E-state index contributed by atoms with van der Waals surface area (Å²) in [7, 11) is 0. The van der Waals surface area contributed by atoms with Crippen LogP contribution in [0.4, 0.5) is 0 Å². The average Bonchev–Trinajstić information content (AvgIpc) is 2.50. The summed E-state index contributed by atoms with van der Waals surface area (Å²) in [5.74, 6) is -1.76. The number of carbonyl (C=O) groups is 2. The normalized spacial score (nSPS) is 7.82. The third kappa shape index (κ3) is 10.2. The zero-order valence-electron chi connectivity index (χ0n) is 11.5. The Morgan fingerprint density at radius 3 is 1.14 bits per heavy atom. The molecule has 0 fully saturated rings. The molecule has 2 rings (SSSR count). The van der Waals surface area contributed by atoms with E-state index in [0.717, 1.165) is 5.34 Å². The summed E-state index contributed by atoms with van der Waals surface area (Å²) in [6, 6.07) is 16.6. The molecule has 0 aromatic heterocycles. The van der Waals surface area contributed by atoms with Gasteiger partial charge in [0.05, 0.1) is 11.1 Å². The van der Waals surface area contributed by atoms with Crippen LogP contribution in [0, 0.1) is 10.1 Å². The van der Waals surface area contributed by atoms with Gasteiger partial charge < -0.3 is 20.3 Å². The van der Waals surface area contributed by atoms with Crippen LogP contribution in [0.5, 0.6) is 0 Å². The van der Waals surface area contributed by atoms with E-state index in [1.165, 1.54) is 0 Å². The van der Waals surface area contributed by atoms with Crippen molar-refractivity contribution in [3.8, 4) is 0 Å². The Bertz CT molecular complexity index is 513. The third-order valence-corrected chi connectivity index (χ3v) is 2.04. The number of aromatic carboxylic acids is 2. The van der Waals surface area contributed by atoms with Crippen LogP contribution in [0.2, 0.25) is 0 Å². The summed E-state index contributed by atoms with van der Waals surface area (Å²) < 4.78 is 0. The predicted molar refractivity (Wildman–Crippen MR) is 76.0 cm³/mol. The molecule has 22 heavy (non-hydrogen) atoms. The molecule has 0 aliphatic heterocycles. The molecule has 0 saturated carbocycles. The molecule has 2 aromatic carbocycles. The fourth-order valence-corrected chi connectivity index (χ4v) is 1.16. The number of benzene rings is 2. The van der Waals surface area contributed by atoms with E-state index in [2.05, 4.69) is 0 Å².